The molecule has 1 N–H and O–H groups in total. The lowest BCUT2D eigenvalue weighted by Crippen LogP contribution is -2.51. The van der Waals surface area contributed by atoms with Crippen LogP contribution in [0, 0.1) is 0 Å². The van der Waals surface area contributed by atoms with Crippen molar-refractivity contribution < 1.29 is 23.8 Å². The maximum Gasteiger partial charge on any atom is 0.409 e. The zero-order valence-electron chi connectivity index (χ0n) is 15.4. The van der Waals surface area contributed by atoms with Crippen LogP contribution in [0.25, 0.3) is 0 Å². The molecule has 144 valence electrons. The number of rotatable bonds is 8. The third-order valence-electron chi connectivity index (χ3n) is 4.02. The van der Waals surface area contributed by atoms with Gasteiger partial charge in [0.2, 0.25) is 5.91 Å². The molecule has 8 nitrogen and oxygen atoms in total. The molecular formula is C18H27N3O5. The van der Waals surface area contributed by atoms with Gasteiger partial charge in [0.1, 0.15) is 18.1 Å². The van der Waals surface area contributed by atoms with Crippen molar-refractivity contribution >= 4 is 12.0 Å². The Bertz CT molecular complexity index is 571. The van der Waals surface area contributed by atoms with Crippen molar-refractivity contribution in [3.05, 3.63) is 24.3 Å². The molecule has 0 unspecified atom stereocenters. The Labute approximate surface area is 154 Å². The standard InChI is InChI=1S/C18H27N3O5/c1-3-25-18(23)21-11-9-20(10-12-21)14-17(22)19-8-13-26-16-6-4-15(24-2)5-7-16/h4-7H,3,8-14H2,1-2H3,(H,19,22). The Morgan fingerprint density at radius 3 is 2.35 bits per heavy atom. The molecule has 2 rings (SSSR count). The van der Waals surface area contributed by atoms with E-state index in [0.29, 0.717) is 52.5 Å². The molecule has 1 saturated heterocycles. The van der Waals surface area contributed by atoms with Crippen LogP contribution in [0.3, 0.4) is 0 Å². The largest absolute Gasteiger partial charge is 0.497 e. The molecule has 0 radical (unpaired) electrons. The van der Waals surface area contributed by atoms with Gasteiger partial charge in [0.15, 0.2) is 0 Å². The van der Waals surface area contributed by atoms with E-state index in [4.69, 9.17) is 14.2 Å². The Kier molecular flexibility index (Phi) is 8.01. The van der Waals surface area contributed by atoms with Crippen molar-refractivity contribution in [3.63, 3.8) is 0 Å². The summed E-state index contributed by atoms with van der Waals surface area (Å²) in [6.07, 6.45) is -0.285. The van der Waals surface area contributed by atoms with E-state index in [2.05, 4.69) is 5.32 Å². The summed E-state index contributed by atoms with van der Waals surface area (Å²) in [5.41, 5.74) is 0. The summed E-state index contributed by atoms with van der Waals surface area (Å²) in [6.45, 7) is 5.79. The molecule has 1 heterocycles. The van der Waals surface area contributed by atoms with Gasteiger partial charge in [0.05, 0.1) is 26.8 Å². The van der Waals surface area contributed by atoms with Gasteiger partial charge in [-0.05, 0) is 31.2 Å². The van der Waals surface area contributed by atoms with Crippen LogP contribution in [-0.4, -0.2) is 81.4 Å². The molecule has 1 aromatic rings. The van der Waals surface area contributed by atoms with Crippen LogP contribution in [0.1, 0.15) is 6.92 Å². The number of piperazine rings is 1. The SMILES string of the molecule is CCOC(=O)N1CCN(CC(=O)NCCOc2ccc(OC)cc2)CC1. The monoisotopic (exact) mass is 365 g/mol. The number of methoxy groups -OCH3 is 1. The lowest BCUT2D eigenvalue weighted by Gasteiger charge is -2.33. The van der Waals surface area contributed by atoms with Gasteiger partial charge in [-0.1, -0.05) is 0 Å². The number of hydrogen-bond donors (Lipinski definition) is 1. The predicted molar refractivity (Wildman–Crippen MR) is 96.5 cm³/mol. The molecule has 0 spiro atoms. The molecule has 0 saturated carbocycles. The highest BCUT2D eigenvalue weighted by atomic mass is 16.6. The van der Waals surface area contributed by atoms with Crippen LogP contribution in [0.15, 0.2) is 24.3 Å². The number of amides is 2. The second-order valence-corrected chi connectivity index (χ2v) is 5.84. The molecule has 8 heteroatoms. The summed E-state index contributed by atoms with van der Waals surface area (Å²) in [6, 6.07) is 7.29. The molecule has 2 amide bonds. The lowest BCUT2D eigenvalue weighted by atomic mass is 10.3. The lowest BCUT2D eigenvalue weighted by molar-refractivity contribution is -0.122. The summed E-state index contributed by atoms with van der Waals surface area (Å²) in [5.74, 6) is 1.46. The zero-order chi connectivity index (χ0) is 18.8. The van der Waals surface area contributed by atoms with Crippen LogP contribution in [0.5, 0.6) is 11.5 Å². The Balaban J connectivity index is 1.58. The van der Waals surface area contributed by atoms with Gasteiger partial charge in [0.25, 0.3) is 0 Å². The number of carbonyl (C=O) groups excluding carboxylic acids is 2. The Morgan fingerprint density at radius 2 is 1.73 bits per heavy atom. The summed E-state index contributed by atoms with van der Waals surface area (Å²) in [7, 11) is 1.61. The molecular weight excluding hydrogens is 338 g/mol. The van der Waals surface area contributed by atoms with Gasteiger partial charge >= 0.3 is 6.09 Å². The number of nitrogens with one attached hydrogen (secondary N) is 1. The van der Waals surface area contributed by atoms with E-state index in [1.807, 2.05) is 29.2 Å². The third kappa shape index (κ3) is 6.44. The van der Waals surface area contributed by atoms with Crippen LogP contribution < -0.4 is 14.8 Å². The highest BCUT2D eigenvalue weighted by Crippen LogP contribution is 2.16. The van der Waals surface area contributed by atoms with E-state index in [9.17, 15) is 9.59 Å². The zero-order valence-corrected chi connectivity index (χ0v) is 15.4. The van der Waals surface area contributed by atoms with Gasteiger partial charge in [0, 0.05) is 26.2 Å². The first kappa shape index (κ1) is 19.8. The smallest absolute Gasteiger partial charge is 0.409 e. The van der Waals surface area contributed by atoms with E-state index >= 15 is 0 Å². The van der Waals surface area contributed by atoms with Crippen molar-refractivity contribution in [2.45, 2.75) is 6.92 Å². The maximum atomic E-state index is 12.0. The molecule has 0 atom stereocenters. The number of hydrogen-bond acceptors (Lipinski definition) is 6. The van der Waals surface area contributed by atoms with Gasteiger partial charge in [-0.2, -0.15) is 0 Å². The quantitative estimate of drug-likeness (QED) is 0.692. The van der Waals surface area contributed by atoms with Crippen molar-refractivity contribution in [1.82, 2.24) is 15.1 Å². The molecule has 1 aromatic carbocycles. The van der Waals surface area contributed by atoms with Crippen molar-refractivity contribution in [3.8, 4) is 11.5 Å². The average Bonchev–Trinajstić information content (AvgIpc) is 2.66. The molecule has 26 heavy (non-hydrogen) atoms. The molecule has 0 aromatic heterocycles. The molecule has 0 bridgehead atoms. The first-order chi connectivity index (χ1) is 12.6. The maximum absolute atomic E-state index is 12.0. The summed E-state index contributed by atoms with van der Waals surface area (Å²) in [5, 5.41) is 2.84. The number of benzene rings is 1. The average molecular weight is 365 g/mol. The predicted octanol–water partition coefficient (Wildman–Crippen LogP) is 0.964. The van der Waals surface area contributed by atoms with Gasteiger partial charge in [-0.3, -0.25) is 9.69 Å². The fraction of sp³-hybridized carbons (Fsp3) is 0.556. The van der Waals surface area contributed by atoms with Crippen molar-refractivity contribution in [1.29, 1.82) is 0 Å². The molecule has 1 aliphatic rings. The van der Waals surface area contributed by atoms with Gasteiger partial charge < -0.3 is 24.4 Å². The van der Waals surface area contributed by atoms with Crippen LogP contribution in [0.4, 0.5) is 4.79 Å². The number of carbonyl (C=O) groups is 2. The van der Waals surface area contributed by atoms with Crippen LogP contribution in [-0.2, 0) is 9.53 Å². The van der Waals surface area contributed by atoms with E-state index in [-0.39, 0.29) is 12.0 Å². The fourth-order valence-electron chi connectivity index (χ4n) is 2.59. The minimum Gasteiger partial charge on any atom is -0.497 e. The van der Waals surface area contributed by atoms with Gasteiger partial charge in [-0.15, -0.1) is 0 Å². The topological polar surface area (TPSA) is 80.3 Å². The Hall–Kier alpha value is -2.48. The minimum absolute atomic E-state index is 0.0482. The van der Waals surface area contributed by atoms with E-state index in [0.717, 1.165) is 11.5 Å². The van der Waals surface area contributed by atoms with Gasteiger partial charge in [-0.25, -0.2) is 4.79 Å². The minimum atomic E-state index is -0.285. The first-order valence-corrected chi connectivity index (χ1v) is 8.80. The van der Waals surface area contributed by atoms with Crippen LogP contribution in [0.2, 0.25) is 0 Å². The summed E-state index contributed by atoms with van der Waals surface area (Å²) in [4.78, 5) is 27.3. The van der Waals surface area contributed by atoms with E-state index in [1.54, 1.807) is 18.9 Å². The number of nitrogens with zero attached hydrogens (tertiary/aromatic N) is 2. The highest BCUT2D eigenvalue weighted by molar-refractivity contribution is 5.78. The summed E-state index contributed by atoms with van der Waals surface area (Å²) >= 11 is 0. The summed E-state index contributed by atoms with van der Waals surface area (Å²) < 4.78 is 15.6. The van der Waals surface area contributed by atoms with E-state index in [1.165, 1.54) is 0 Å². The van der Waals surface area contributed by atoms with Crippen molar-refractivity contribution in [2.24, 2.45) is 0 Å². The number of ether oxygens (including phenoxy) is 3. The highest BCUT2D eigenvalue weighted by Gasteiger charge is 2.22. The first-order valence-electron chi connectivity index (χ1n) is 8.80. The molecule has 0 aliphatic carbocycles. The normalized spacial score (nSPS) is 14.6. The third-order valence-corrected chi connectivity index (χ3v) is 4.02. The second kappa shape index (κ2) is 10.5. The van der Waals surface area contributed by atoms with Crippen molar-refractivity contribution in [2.75, 3.05) is 59.6 Å². The molecule has 1 fully saturated rings. The fourth-order valence-corrected chi connectivity index (χ4v) is 2.59. The second-order valence-electron chi connectivity index (χ2n) is 5.84. The molecule has 1 aliphatic heterocycles. The Morgan fingerprint density at radius 1 is 1.08 bits per heavy atom. The van der Waals surface area contributed by atoms with E-state index < -0.39 is 0 Å². The van der Waals surface area contributed by atoms with Crippen LogP contribution >= 0.6 is 0 Å².